The summed E-state index contributed by atoms with van der Waals surface area (Å²) in [6.07, 6.45) is -4.53. The summed E-state index contributed by atoms with van der Waals surface area (Å²) >= 11 is 0. The third kappa shape index (κ3) is 3.99. The third-order valence-corrected chi connectivity index (χ3v) is 2.28. The SMILES string of the molecule is CC1NCC(=O)N(CC(=O)NCC(F)(F)F)C1=O. The molecule has 0 aromatic carbocycles. The van der Waals surface area contributed by atoms with E-state index < -0.39 is 43.0 Å². The number of carbonyl (C=O) groups is 3. The summed E-state index contributed by atoms with van der Waals surface area (Å²) in [5, 5.41) is 4.18. The number of alkyl halides is 3. The topological polar surface area (TPSA) is 78.5 Å². The molecule has 6 nitrogen and oxygen atoms in total. The van der Waals surface area contributed by atoms with Crippen LogP contribution in [0.4, 0.5) is 13.2 Å². The van der Waals surface area contributed by atoms with E-state index in [0.717, 1.165) is 0 Å². The van der Waals surface area contributed by atoms with Crippen LogP contribution in [0.1, 0.15) is 6.92 Å². The number of carbonyl (C=O) groups excluding carboxylic acids is 3. The minimum absolute atomic E-state index is 0.126. The molecule has 1 saturated heterocycles. The Balaban J connectivity index is 2.52. The number of hydrogen-bond acceptors (Lipinski definition) is 4. The molecule has 1 fully saturated rings. The number of piperazine rings is 1. The minimum atomic E-state index is -4.53. The van der Waals surface area contributed by atoms with Gasteiger partial charge in [0.1, 0.15) is 13.1 Å². The van der Waals surface area contributed by atoms with Crippen LogP contribution in [0.5, 0.6) is 0 Å². The van der Waals surface area contributed by atoms with E-state index in [1.165, 1.54) is 6.92 Å². The van der Waals surface area contributed by atoms with Gasteiger partial charge in [-0.25, -0.2) is 0 Å². The Labute approximate surface area is 100 Å². The van der Waals surface area contributed by atoms with Crippen LogP contribution < -0.4 is 10.6 Å². The third-order valence-electron chi connectivity index (χ3n) is 2.28. The van der Waals surface area contributed by atoms with Gasteiger partial charge in [0.05, 0.1) is 12.6 Å². The molecular formula is C9H12F3N3O3. The van der Waals surface area contributed by atoms with Gasteiger partial charge in [0.2, 0.25) is 17.7 Å². The van der Waals surface area contributed by atoms with Crippen LogP contribution in [-0.4, -0.2) is 54.5 Å². The van der Waals surface area contributed by atoms with Crippen molar-refractivity contribution >= 4 is 17.7 Å². The maximum absolute atomic E-state index is 11.8. The van der Waals surface area contributed by atoms with E-state index >= 15 is 0 Å². The van der Waals surface area contributed by atoms with Crippen LogP contribution in [0, 0.1) is 0 Å². The Morgan fingerprint density at radius 2 is 2.11 bits per heavy atom. The van der Waals surface area contributed by atoms with Gasteiger partial charge in [0.15, 0.2) is 0 Å². The van der Waals surface area contributed by atoms with E-state index in [1.807, 2.05) is 0 Å². The number of hydrogen-bond donors (Lipinski definition) is 2. The molecule has 0 bridgehead atoms. The molecule has 0 aromatic heterocycles. The first-order valence-electron chi connectivity index (χ1n) is 5.12. The smallest absolute Gasteiger partial charge is 0.345 e. The van der Waals surface area contributed by atoms with Crippen molar-refractivity contribution in [1.82, 2.24) is 15.5 Å². The summed E-state index contributed by atoms with van der Waals surface area (Å²) in [6, 6.07) is -0.641. The second-order valence-electron chi connectivity index (χ2n) is 3.81. The molecule has 1 atom stereocenters. The van der Waals surface area contributed by atoms with Gasteiger partial charge in [-0.3, -0.25) is 24.6 Å². The van der Waals surface area contributed by atoms with E-state index in [9.17, 15) is 27.6 Å². The molecular weight excluding hydrogens is 255 g/mol. The molecule has 1 unspecified atom stereocenters. The predicted octanol–water partition coefficient (Wildman–Crippen LogP) is -0.988. The summed E-state index contributed by atoms with van der Waals surface area (Å²) in [7, 11) is 0. The van der Waals surface area contributed by atoms with Crippen molar-refractivity contribution in [3.8, 4) is 0 Å². The zero-order valence-electron chi connectivity index (χ0n) is 9.50. The highest BCUT2D eigenvalue weighted by Gasteiger charge is 2.33. The van der Waals surface area contributed by atoms with Crippen molar-refractivity contribution in [3.63, 3.8) is 0 Å². The van der Waals surface area contributed by atoms with Crippen LogP contribution in [0.2, 0.25) is 0 Å². The monoisotopic (exact) mass is 267 g/mol. The zero-order valence-corrected chi connectivity index (χ0v) is 9.50. The molecule has 9 heteroatoms. The Kier molecular flexibility index (Phi) is 4.28. The number of imide groups is 1. The van der Waals surface area contributed by atoms with Gasteiger partial charge < -0.3 is 5.32 Å². The average molecular weight is 267 g/mol. The molecule has 0 spiro atoms. The average Bonchev–Trinajstić information content (AvgIpc) is 2.26. The van der Waals surface area contributed by atoms with Gasteiger partial charge in [0, 0.05) is 0 Å². The molecule has 0 aliphatic carbocycles. The summed E-state index contributed by atoms with van der Waals surface area (Å²) in [6.45, 7) is -0.815. The quantitative estimate of drug-likeness (QED) is 0.644. The van der Waals surface area contributed by atoms with Crippen molar-refractivity contribution in [2.24, 2.45) is 0 Å². The second-order valence-corrected chi connectivity index (χ2v) is 3.81. The Morgan fingerprint density at radius 1 is 1.50 bits per heavy atom. The van der Waals surface area contributed by atoms with E-state index in [4.69, 9.17) is 0 Å². The highest BCUT2D eigenvalue weighted by atomic mass is 19.4. The molecule has 0 saturated carbocycles. The van der Waals surface area contributed by atoms with Crippen molar-refractivity contribution in [1.29, 1.82) is 0 Å². The highest BCUT2D eigenvalue weighted by Crippen LogP contribution is 2.12. The lowest BCUT2D eigenvalue weighted by Crippen LogP contribution is -2.59. The van der Waals surface area contributed by atoms with Gasteiger partial charge in [0.25, 0.3) is 0 Å². The summed E-state index contributed by atoms with van der Waals surface area (Å²) < 4.78 is 35.5. The lowest BCUT2D eigenvalue weighted by Gasteiger charge is -2.29. The van der Waals surface area contributed by atoms with Crippen molar-refractivity contribution in [2.45, 2.75) is 19.1 Å². The number of nitrogens with one attached hydrogen (secondary N) is 2. The Morgan fingerprint density at radius 3 is 2.67 bits per heavy atom. The normalized spacial score (nSPS) is 21.1. The van der Waals surface area contributed by atoms with E-state index in [1.54, 1.807) is 5.32 Å². The second kappa shape index (κ2) is 5.34. The number of amides is 3. The van der Waals surface area contributed by atoms with Crippen LogP contribution >= 0.6 is 0 Å². The maximum Gasteiger partial charge on any atom is 0.405 e. The standard InChI is InChI=1S/C9H12F3N3O3/c1-5-8(18)15(7(17)2-13-5)3-6(16)14-4-9(10,11)12/h5,13H,2-4H2,1H3,(H,14,16). The molecule has 1 aliphatic rings. The Bertz CT molecular complexity index is 370. The first-order chi connectivity index (χ1) is 8.20. The molecule has 18 heavy (non-hydrogen) atoms. The lowest BCUT2D eigenvalue weighted by molar-refractivity contribution is -0.152. The molecule has 1 heterocycles. The predicted molar refractivity (Wildman–Crippen MR) is 53.2 cm³/mol. The molecule has 0 radical (unpaired) electrons. The molecule has 3 amide bonds. The van der Waals surface area contributed by atoms with Gasteiger partial charge in [-0.05, 0) is 6.92 Å². The van der Waals surface area contributed by atoms with Crippen LogP contribution in [0.3, 0.4) is 0 Å². The van der Waals surface area contributed by atoms with Crippen LogP contribution in [0.25, 0.3) is 0 Å². The summed E-state index contributed by atoms with van der Waals surface area (Å²) in [5.41, 5.74) is 0. The highest BCUT2D eigenvalue weighted by molar-refractivity contribution is 6.03. The molecule has 1 rings (SSSR count). The zero-order chi connectivity index (χ0) is 13.9. The fourth-order valence-electron chi connectivity index (χ4n) is 1.34. The summed E-state index contributed by atoms with van der Waals surface area (Å²) in [4.78, 5) is 34.7. The van der Waals surface area contributed by atoms with Crippen LogP contribution in [-0.2, 0) is 14.4 Å². The first-order valence-corrected chi connectivity index (χ1v) is 5.12. The van der Waals surface area contributed by atoms with Gasteiger partial charge in [-0.15, -0.1) is 0 Å². The van der Waals surface area contributed by atoms with Gasteiger partial charge in [-0.1, -0.05) is 0 Å². The maximum atomic E-state index is 11.8. The first kappa shape index (κ1) is 14.4. The van der Waals surface area contributed by atoms with Crippen molar-refractivity contribution < 1.29 is 27.6 Å². The van der Waals surface area contributed by atoms with Gasteiger partial charge >= 0.3 is 6.18 Å². The number of rotatable bonds is 3. The number of nitrogens with zero attached hydrogens (tertiary/aromatic N) is 1. The summed E-state index contributed by atoms with van der Waals surface area (Å²) in [5.74, 6) is -2.29. The molecule has 1 aliphatic heterocycles. The van der Waals surface area contributed by atoms with E-state index in [2.05, 4.69) is 5.32 Å². The number of halogens is 3. The van der Waals surface area contributed by atoms with Crippen LogP contribution in [0.15, 0.2) is 0 Å². The molecule has 2 N–H and O–H groups in total. The van der Waals surface area contributed by atoms with Crippen molar-refractivity contribution in [3.05, 3.63) is 0 Å². The van der Waals surface area contributed by atoms with Crippen molar-refractivity contribution in [2.75, 3.05) is 19.6 Å². The molecule has 102 valence electrons. The van der Waals surface area contributed by atoms with E-state index in [0.29, 0.717) is 4.90 Å². The molecule has 0 aromatic rings. The van der Waals surface area contributed by atoms with Gasteiger partial charge in [-0.2, -0.15) is 13.2 Å². The fourth-order valence-corrected chi connectivity index (χ4v) is 1.34. The lowest BCUT2D eigenvalue weighted by atomic mass is 10.2. The minimum Gasteiger partial charge on any atom is -0.345 e. The Hall–Kier alpha value is -1.64. The fraction of sp³-hybridized carbons (Fsp3) is 0.667. The van der Waals surface area contributed by atoms with E-state index in [-0.39, 0.29) is 6.54 Å². The largest absolute Gasteiger partial charge is 0.405 e.